The van der Waals surface area contributed by atoms with E-state index in [2.05, 4.69) is 0 Å². The summed E-state index contributed by atoms with van der Waals surface area (Å²) >= 11 is 0. The largest absolute Gasteiger partial charge is 0.493 e. The van der Waals surface area contributed by atoms with Crippen molar-refractivity contribution in [3.8, 4) is 11.5 Å². The first kappa shape index (κ1) is 12.2. The first-order valence-corrected chi connectivity index (χ1v) is 5.70. The maximum atomic E-state index is 12.8. The minimum absolute atomic E-state index is 0.132. The van der Waals surface area contributed by atoms with Crippen LogP contribution in [-0.2, 0) is 13.1 Å². The van der Waals surface area contributed by atoms with Gasteiger partial charge in [-0.25, -0.2) is 4.39 Å². The van der Waals surface area contributed by atoms with E-state index >= 15 is 0 Å². The Kier molecular flexibility index (Phi) is 3.24. The quantitative estimate of drug-likeness (QED) is 0.856. The third kappa shape index (κ3) is 2.52. The van der Waals surface area contributed by atoms with E-state index in [1.54, 1.807) is 20.3 Å². The molecule has 0 bridgehead atoms. The average Bonchev–Trinajstić information content (AvgIpc) is 3.05. The van der Waals surface area contributed by atoms with E-state index in [1.807, 2.05) is 6.07 Å². The fraction of sp³-hybridized carbons (Fsp3) is 0.538. The number of benzene rings is 1. The Bertz CT molecular complexity index is 416. The molecule has 0 spiro atoms. The number of rotatable bonds is 5. The summed E-state index contributed by atoms with van der Waals surface area (Å²) in [7, 11) is 3.14. The molecule has 1 aromatic rings. The third-order valence-corrected chi connectivity index (χ3v) is 3.20. The molecule has 0 atom stereocenters. The van der Waals surface area contributed by atoms with Crippen molar-refractivity contribution in [2.45, 2.75) is 31.5 Å². The van der Waals surface area contributed by atoms with Gasteiger partial charge in [0, 0.05) is 11.1 Å². The van der Waals surface area contributed by atoms with Crippen LogP contribution in [0.2, 0.25) is 0 Å². The third-order valence-electron chi connectivity index (χ3n) is 3.20. The lowest BCUT2D eigenvalue weighted by molar-refractivity contribution is 0.349. The van der Waals surface area contributed by atoms with Gasteiger partial charge in [0.15, 0.2) is 11.5 Å². The van der Waals surface area contributed by atoms with E-state index in [1.165, 1.54) is 0 Å². The molecule has 2 rings (SSSR count). The lowest BCUT2D eigenvalue weighted by Gasteiger charge is -2.16. The Morgan fingerprint density at radius 2 is 2.00 bits per heavy atom. The predicted octanol–water partition coefficient (Wildman–Crippen LogP) is 2.21. The van der Waals surface area contributed by atoms with Gasteiger partial charge in [0.05, 0.1) is 14.2 Å². The van der Waals surface area contributed by atoms with Crippen molar-refractivity contribution < 1.29 is 13.9 Å². The monoisotopic (exact) mass is 239 g/mol. The van der Waals surface area contributed by atoms with Gasteiger partial charge in [-0.2, -0.15) is 0 Å². The number of hydrogen-bond acceptors (Lipinski definition) is 3. The number of nitrogens with two attached hydrogens (primary N) is 1. The number of hydrogen-bond donors (Lipinski definition) is 1. The second-order valence-corrected chi connectivity index (χ2v) is 4.66. The molecule has 0 heterocycles. The number of ether oxygens (including phenoxy) is 2. The number of methoxy groups -OCH3 is 2. The topological polar surface area (TPSA) is 44.5 Å². The van der Waals surface area contributed by atoms with Gasteiger partial charge in [0.1, 0.15) is 6.67 Å². The molecule has 1 aromatic carbocycles. The second-order valence-electron chi connectivity index (χ2n) is 4.66. The van der Waals surface area contributed by atoms with E-state index in [4.69, 9.17) is 15.2 Å². The number of alkyl halides is 1. The van der Waals surface area contributed by atoms with Crippen LogP contribution in [-0.4, -0.2) is 19.8 Å². The zero-order valence-corrected chi connectivity index (χ0v) is 10.3. The van der Waals surface area contributed by atoms with Gasteiger partial charge >= 0.3 is 0 Å². The van der Waals surface area contributed by atoms with Crippen molar-refractivity contribution >= 4 is 0 Å². The Labute approximate surface area is 101 Å². The number of halogens is 1. The van der Waals surface area contributed by atoms with Crippen molar-refractivity contribution in [3.05, 3.63) is 23.3 Å². The lowest BCUT2D eigenvalue weighted by atomic mass is 10.0. The van der Waals surface area contributed by atoms with Crippen LogP contribution in [0.5, 0.6) is 11.5 Å². The molecule has 0 saturated heterocycles. The van der Waals surface area contributed by atoms with Crippen LogP contribution in [0.3, 0.4) is 0 Å². The standard InChI is InChI=1S/C13H18FNO2/c1-16-11-6-9(8-14)5-10(12(11)17-2)7-13(15)3-4-13/h5-6H,3-4,7-8,15H2,1-2H3. The van der Waals surface area contributed by atoms with Gasteiger partial charge in [-0.05, 0) is 37.0 Å². The molecular weight excluding hydrogens is 221 g/mol. The smallest absolute Gasteiger partial charge is 0.163 e. The SMILES string of the molecule is COc1cc(CF)cc(CC2(N)CC2)c1OC. The van der Waals surface area contributed by atoms with Gasteiger partial charge in [0.25, 0.3) is 0 Å². The van der Waals surface area contributed by atoms with E-state index in [9.17, 15) is 4.39 Å². The molecule has 4 heteroatoms. The maximum Gasteiger partial charge on any atom is 0.163 e. The fourth-order valence-corrected chi connectivity index (χ4v) is 2.03. The van der Waals surface area contributed by atoms with Gasteiger partial charge in [-0.15, -0.1) is 0 Å². The van der Waals surface area contributed by atoms with Crippen LogP contribution < -0.4 is 15.2 Å². The fourth-order valence-electron chi connectivity index (χ4n) is 2.03. The summed E-state index contributed by atoms with van der Waals surface area (Å²) in [5.41, 5.74) is 7.49. The van der Waals surface area contributed by atoms with Gasteiger partial charge in [0.2, 0.25) is 0 Å². The molecule has 0 unspecified atom stereocenters. The van der Waals surface area contributed by atoms with Crippen LogP contribution in [0.1, 0.15) is 24.0 Å². The maximum absolute atomic E-state index is 12.8. The zero-order valence-electron chi connectivity index (χ0n) is 10.3. The van der Waals surface area contributed by atoms with Gasteiger partial charge in [-0.3, -0.25) is 0 Å². The summed E-state index contributed by atoms with van der Waals surface area (Å²) in [6.07, 6.45) is 2.73. The minimum atomic E-state index is -0.509. The summed E-state index contributed by atoms with van der Waals surface area (Å²) in [5, 5.41) is 0. The summed E-state index contributed by atoms with van der Waals surface area (Å²) in [5.74, 6) is 1.24. The zero-order chi connectivity index (χ0) is 12.5. The molecule has 17 heavy (non-hydrogen) atoms. The molecule has 2 N–H and O–H groups in total. The molecule has 0 amide bonds. The van der Waals surface area contributed by atoms with E-state index in [-0.39, 0.29) is 5.54 Å². The molecule has 1 aliphatic rings. The van der Waals surface area contributed by atoms with Crippen molar-refractivity contribution in [1.29, 1.82) is 0 Å². The summed E-state index contributed by atoms with van der Waals surface area (Å²) in [6.45, 7) is -0.509. The molecule has 3 nitrogen and oxygen atoms in total. The highest BCUT2D eigenvalue weighted by atomic mass is 19.1. The molecule has 1 aliphatic carbocycles. The Morgan fingerprint density at radius 3 is 2.47 bits per heavy atom. The molecular formula is C13H18FNO2. The lowest BCUT2D eigenvalue weighted by Crippen LogP contribution is -2.24. The van der Waals surface area contributed by atoms with E-state index in [0.717, 1.165) is 18.4 Å². The van der Waals surface area contributed by atoms with Crippen molar-refractivity contribution in [1.82, 2.24) is 0 Å². The Morgan fingerprint density at radius 1 is 1.29 bits per heavy atom. The second kappa shape index (κ2) is 4.53. The Hall–Kier alpha value is -1.29. The van der Waals surface area contributed by atoms with E-state index in [0.29, 0.717) is 23.5 Å². The molecule has 94 valence electrons. The molecule has 0 aliphatic heterocycles. The molecule has 1 saturated carbocycles. The van der Waals surface area contributed by atoms with Crippen LogP contribution in [0.15, 0.2) is 12.1 Å². The van der Waals surface area contributed by atoms with Crippen LogP contribution in [0.25, 0.3) is 0 Å². The van der Waals surface area contributed by atoms with E-state index < -0.39 is 6.67 Å². The molecule has 0 radical (unpaired) electrons. The van der Waals surface area contributed by atoms with Gasteiger partial charge in [-0.1, -0.05) is 0 Å². The first-order valence-electron chi connectivity index (χ1n) is 5.70. The normalized spacial score (nSPS) is 16.7. The van der Waals surface area contributed by atoms with Crippen LogP contribution in [0.4, 0.5) is 4.39 Å². The average molecular weight is 239 g/mol. The summed E-state index contributed by atoms with van der Waals surface area (Å²) < 4.78 is 23.3. The first-order chi connectivity index (χ1) is 8.11. The van der Waals surface area contributed by atoms with Crippen molar-refractivity contribution in [2.24, 2.45) is 5.73 Å². The van der Waals surface area contributed by atoms with Crippen LogP contribution >= 0.6 is 0 Å². The summed E-state index contributed by atoms with van der Waals surface area (Å²) in [6, 6.07) is 3.48. The Balaban J connectivity index is 2.38. The van der Waals surface area contributed by atoms with Gasteiger partial charge < -0.3 is 15.2 Å². The highest BCUT2D eigenvalue weighted by Gasteiger charge is 2.39. The predicted molar refractivity (Wildman–Crippen MR) is 64.2 cm³/mol. The van der Waals surface area contributed by atoms with Crippen molar-refractivity contribution in [3.63, 3.8) is 0 Å². The van der Waals surface area contributed by atoms with Crippen molar-refractivity contribution in [2.75, 3.05) is 14.2 Å². The highest BCUT2D eigenvalue weighted by Crippen LogP contribution is 2.41. The van der Waals surface area contributed by atoms with Crippen LogP contribution in [0, 0.1) is 0 Å². The summed E-state index contributed by atoms with van der Waals surface area (Å²) in [4.78, 5) is 0. The minimum Gasteiger partial charge on any atom is -0.493 e. The molecule has 1 fully saturated rings. The highest BCUT2D eigenvalue weighted by molar-refractivity contribution is 5.50. The molecule has 0 aromatic heterocycles.